The van der Waals surface area contributed by atoms with Crippen molar-refractivity contribution >= 4 is 17.3 Å². The molecule has 0 spiro atoms. The summed E-state index contributed by atoms with van der Waals surface area (Å²) < 4.78 is 43.7. The SMILES string of the molecule is FC(F)(F)c1ccn2c(-c3cccc(-c4cnsc4)n3)cnc2n1. The van der Waals surface area contributed by atoms with Crippen LogP contribution in [0.15, 0.2) is 48.2 Å². The largest absolute Gasteiger partial charge is 0.433 e. The van der Waals surface area contributed by atoms with Gasteiger partial charge in [0.05, 0.1) is 29.5 Å². The van der Waals surface area contributed by atoms with Crippen molar-refractivity contribution < 1.29 is 13.2 Å². The Bertz CT molecular complexity index is 1010. The van der Waals surface area contributed by atoms with E-state index < -0.39 is 11.9 Å². The molecule has 0 aliphatic carbocycles. The van der Waals surface area contributed by atoms with E-state index in [0.29, 0.717) is 11.4 Å². The Morgan fingerprint density at radius 3 is 2.58 bits per heavy atom. The minimum absolute atomic E-state index is 0.0239. The van der Waals surface area contributed by atoms with Gasteiger partial charge in [-0.2, -0.15) is 13.2 Å². The van der Waals surface area contributed by atoms with Crippen molar-refractivity contribution in [2.24, 2.45) is 0 Å². The van der Waals surface area contributed by atoms with Gasteiger partial charge in [0, 0.05) is 17.1 Å². The molecule has 9 heteroatoms. The summed E-state index contributed by atoms with van der Waals surface area (Å²) in [6.07, 6.45) is -0.0329. The predicted molar refractivity (Wildman–Crippen MR) is 82.3 cm³/mol. The van der Waals surface area contributed by atoms with Gasteiger partial charge < -0.3 is 0 Å². The molecule has 4 aromatic heterocycles. The van der Waals surface area contributed by atoms with Gasteiger partial charge >= 0.3 is 6.18 Å². The van der Waals surface area contributed by atoms with Crippen molar-refractivity contribution in [3.05, 3.63) is 53.9 Å². The first kappa shape index (κ1) is 14.8. The van der Waals surface area contributed by atoms with Crippen LogP contribution in [0.25, 0.3) is 28.4 Å². The summed E-state index contributed by atoms with van der Waals surface area (Å²) in [5, 5.41) is 1.87. The summed E-state index contributed by atoms with van der Waals surface area (Å²) >= 11 is 1.32. The number of aromatic nitrogens is 5. The molecule has 24 heavy (non-hydrogen) atoms. The zero-order valence-corrected chi connectivity index (χ0v) is 12.7. The fraction of sp³-hybridized carbons (Fsp3) is 0.0667. The maximum absolute atomic E-state index is 12.7. The second-order valence-corrected chi connectivity index (χ2v) is 5.60. The Morgan fingerprint density at radius 2 is 1.83 bits per heavy atom. The van der Waals surface area contributed by atoms with E-state index in [0.717, 1.165) is 17.3 Å². The van der Waals surface area contributed by atoms with Gasteiger partial charge in [0.25, 0.3) is 0 Å². The van der Waals surface area contributed by atoms with Gasteiger partial charge in [-0.25, -0.2) is 19.3 Å². The van der Waals surface area contributed by atoms with E-state index in [2.05, 4.69) is 19.3 Å². The zero-order valence-electron chi connectivity index (χ0n) is 11.9. The second-order valence-electron chi connectivity index (χ2n) is 4.95. The van der Waals surface area contributed by atoms with Crippen molar-refractivity contribution in [1.82, 2.24) is 23.7 Å². The highest BCUT2D eigenvalue weighted by Gasteiger charge is 2.33. The molecule has 0 atom stereocenters. The molecular weight excluding hydrogens is 339 g/mol. The number of nitrogens with zero attached hydrogens (tertiary/aromatic N) is 5. The standard InChI is InChI=1S/C15H8F3N5S/c16-15(17,18)13-4-5-23-12(7-19-14(23)22-13)11-3-1-2-10(21-11)9-6-20-24-8-9/h1-8H. The lowest BCUT2D eigenvalue weighted by molar-refractivity contribution is -0.141. The van der Waals surface area contributed by atoms with E-state index in [1.165, 1.54) is 28.3 Å². The van der Waals surface area contributed by atoms with E-state index in [1.54, 1.807) is 12.3 Å². The number of hydrogen-bond donors (Lipinski definition) is 0. The highest BCUT2D eigenvalue weighted by molar-refractivity contribution is 7.03. The smallest absolute Gasteiger partial charge is 0.282 e. The van der Waals surface area contributed by atoms with E-state index in [4.69, 9.17) is 0 Å². The molecule has 0 aliphatic rings. The zero-order chi connectivity index (χ0) is 16.7. The highest BCUT2D eigenvalue weighted by Crippen LogP contribution is 2.29. The molecule has 0 saturated carbocycles. The average Bonchev–Trinajstić information content (AvgIpc) is 3.23. The third-order valence-corrected chi connectivity index (χ3v) is 4.00. The Balaban J connectivity index is 1.81. The van der Waals surface area contributed by atoms with Crippen LogP contribution in [-0.4, -0.2) is 23.7 Å². The minimum atomic E-state index is -4.50. The molecule has 0 amide bonds. The van der Waals surface area contributed by atoms with Gasteiger partial charge in [-0.05, 0) is 29.7 Å². The minimum Gasteiger partial charge on any atom is -0.282 e. The lowest BCUT2D eigenvalue weighted by Gasteiger charge is -2.06. The van der Waals surface area contributed by atoms with Crippen molar-refractivity contribution in [2.45, 2.75) is 6.18 Å². The number of alkyl halides is 3. The van der Waals surface area contributed by atoms with Gasteiger partial charge in [0.15, 0.2) is 0 Å². The van der Waals surface area contributed by atoms with Crippen LogP contribution in [-0.2, 0) is 6.18 Å². The van der Waals surface area contributed by atoms with Crippen LogP contribution in [0, 0.1) is 0 Å². The normalized spacial score (nSPS) is 12.0. The van der Waals surface area contributed by atoms with E-state index in [-0.39, 0.29) is 5.78 Å². The maximum atomic E-state index is 12.7. The molecule has 0 aromatic carbocycles. The van der Waals surface area contributed by atoms with Crippen LogP contribution in [0.4, 0.5) is 13.2 Å². The molecule has 5 nitrogen and oxygen atoms in total. The van der Waals surface area contributed by atoms with E-state index in [9.17, 15) is 13.2 Å². The van der Waals surface area contributed by atoms with Crippen LogP contribution in [0.3, 0.4) is 0 Å². The molecular formula is C15H8F3N5S. The topological polar surface area (TPSA) is 56.0 Å². The lowest BCUT2D eigenvalue weighted by Crippen LogP contribution is -2.09. The molecule has 4 aromatic rings. The summed E-state index contributed by atoms with van der Waals surface area (Å²) in [6.45, 7) is 0. The first-order valence-corrected chi connectivity index (χ1v) is 7.64. The van der Waals surface area contributed by atoms with Crippen LogP contribution < -0.4 is 0 Å². The average molecular weight is 347 g/mol. The third-order valence-electron chi connectivity index (χ3n) is 3.41. The molecule has 4 heterocycles. The molecule has 0 bridgehead atoms. The van der Waals surface area contributed by atoms with Gasteiger partial charge in [0.2, 0.25) is 5.78 Å². The third kappa shape index (κ3) is 2.52. The maximum Gasteiger partial charge on any atom is 0.433 e. The lowest BCUT2D eigenvalue weighted by atomic mass is 10.2. The number of imidazole rings is 1. The van der Waals surface area contributed by atoms with Crippen molar-refractivity contribution in [1.29, 1.82) is 0 Å². The van der Waals surface area contributed by atoms with Crippen LogP contribution in [0.1, 0.15) is 5.69 Å². The van der Waals surface area contributed by atoms with Gasteiger partial charge in [-0.15, -0.1) is 0 Å². The Kier molecular flexibility index (Phi) is 3.31. The Labute approximate surface area is 137 Å². The molecule has 4 rings (SSSR count). The summed E-state index contributed by atoms with van der Waals surface area (Å²) in [6, 6.07) is 6.36. The second kappa shape index (κ2) is 5.38. The Morgan fingerprint density at radius 1 is 1.00 bits per heavy atom. The van der Waals surface area contributed by atoms with Crippen molar-refractivity contribution in [3.8, 4) is 22.6 Å². The number of halogens is 3. The van der Waals surface area contributed by atoms with E-state index >= 15 is 0 Å². The fourth-order valence-electron chi connectivity index (χ4n) is 2.29. The molecule has 0 saturated heterocycles. The number of rotatable bonds is 2. The number of pyridine rings is 1. The first-order chi connectivity index (χ1) is 11.5. The molecule has 0 fully saturated rings. The van der Waals surface area contributed by atoms with Crippen LogP contribution >= 0.6 is 11.5 Å². The molecule has 0 N–H and O–H groups in total. The summed E-state index contributed by atoms with van der Waals surface area (Å²) in [7, 11) is 0. The quantitative estimate of drug-likeness (QED) is 0.551. The van der Waals surface area contributed by atoms with Crippen molar-refractivity contribution in [2.75, 3.05) is 0 Å². The summed E-state index contributed by atoms with van der Waals surface area (Å²) in [5.74, 6) is -0.0239. The van der Waals surface area contributed by atoms with E-state index in [1.807, 2.05) is 17.5 Å². The highest BCUT2D eigenvalue weighted by atomic mass is 32.1. The van der Waals surface area contributed by atoms with Crippen LogP contribution in [0.2, 0.25) is 0 Å². The molecule has 0 unspecified atom stereocenters. The fourth-order valence-corrected chi connectivity index (χ4v) is 2.82. The monoisotopic (exact) mass is 347 g/mol. The summed E-state index contributed by atoms with van der Waals surface area (Å²) in [5.41, 5.74) is 1.80. The summed E-state index contributed by atoms with van der Waals surface area (Å²) in [4.78, 5) is 12.1. The van der Waals surface area contributed by atoms with Gasteiger partial charge in [-0.1, -0.05) is 6.07 Å². The molecule has 120 valence electrons. The van der Waals surface area contributed by atoms with Crippen molar-refractivity contribution in [3.63, 3.8) is 0 Å². The van der Waals surface area contributed by atoms with Gasteiger partial charge in [0.1, 0.15) is 5.69 Å². The Hall–Kier alpha value is -2.81. The number of fused-ring (bicyclic) bond motifs is 1. The molecule has 0 radical (unpaired) electrons. The first-order valence-electron chi connectivity index (χ1n) is 6.81. The molecule has 0 aliphatic heterocycles. The van der Waals surface area contributed by atoms with Crippen LogP contribution in [0.5, 0.6) is 0 Å². The number of hydrogen-bond acceptors (Lipinski definition) is 5. The van der Waals surface area contributed by atoms with Gasteiger partial charge in [-0.3, -0.25) is 4.40 Å². The predicted octanol–water partition coefficient (Wildman–Crippen LogP) is 3.93.